The van der Waals surface area contributed by atoms with Gasteiger partial charge in [-0.2, -0.15) is 0 Å². The number of benzene rings is 1. The summed E-state index contributed by atoms with van der Waals surface area (Å²) in [6, 6.07) is 7.28. The van der Waals surface area contributed by atoms with Gasteiger partial charge in [-0.15, -0.1) is 11.6 Å². The molecule has 0 saturated carbocycles. The van der Waals surface area contributed by atoms with E-state index in [0.717, 1.165) is 18.7 Å². The molecule has 1 aliphatic rings. The van der Waals surface area contributed by atoms with Crippen molar-refractivity contribution in [2.45, 2.75) is 31.7 Å². The van der Waals surface area contributed by atoms with Crippen LogP contribution in [0.15, 0.2) is 24.3 Å². The average Bonchev–Trinajstić information content (AvgIpc) is 2.75. The monoisotopic (exact) mass is 267 g/mol. The summed E-state index contributed by atoms with van der Waals surface area (Å²) in [5.41, 5.74) is 0.692. The molecule has 98 valence electrons. The van der Waals surface area contributed by atoms with Crippen molar-refractivity contribution in [1.29, 1.82) is 0 Å². The second-order valence-electron chi connectivity index (χ2n) is 4.83. The fraction of sp³-hybridized carbons (Fsp3) is 0.500. The van der Waals surface area contributed by atoms with Crippen LogP contribution in [0.1, 0.15) is 30.6 Å². The van der Waals surface area contributed by atoms with E-state index >= 15 is 0 Å². The molecule has 1 atom stereocenters. The van der Waals surface area contributed by atoms with Gasteiger partial charge < -0.3 is 9.64 Å². The third kappa shape index (κ3) is 3.16. The van der Waals surface area contributed by atoms with Crippen molar-refractivity contribution >= 4 is 17.5 Å². The van der Waals surface area contributed by atoms with E-state index in [9.17, 15) is 4.79 Å². The predicted molar refractivity (Wildman–Crippen MR) is 72.4 cm³/mol. The Morgan fingerprint density at radius 2 is 2.06 bits per heavy atom. The summed E-state index contributed by atoms with van der Waals surface area (Å²) in [6.07, 6.45) is 1.02. The molecule has 1 amide bonds. The number of likely N-dealkylation sites (tertiary alicyclic amines) is 1. The zero-order valence-electron chi connectivity index (χ0n) is 10.7. The Labute approximate surface area is 113 Å². The van der Waals surface area contributed by atoms with Crippen LogP contribution in [-0.4, -0.2) is 35.4 Å². The van der Waals surface area contributed by atoms with Gasteiger partial charge in [0.05, 0.1) is 11.5 Å². The second kappa shape index (κ2) is 5.61. The molecule has 4 heteroatoms. The van der Waals surface area contributed by atoms with Gasteiger partial charge in [-0.05, 0) is 44.5 Å². The first-order chi connectivity index (χ1) is 8.56. The molecule has 2 rings (SSSR count). The van der Waals surface area contributed by atoms with Crippen molar-refractivity contribution < 1.29 is 9.53 Å². The van der Waals surface area contributed by atoms with Gasteiger partial charge >= 0.3 is 0 Å². The summed E-state index contributed by atoms with van der Waals surface area (Å²) in [5.74, 6) is 0.840. The van der Waals surface area contributed by atoms with Crippen molar-refractivity contribution in [2.24, 2.45) is 0 Å². The van der Waals surface area contributed by atoms with Crippen molar-refractivity contribution in [3.8, 4) is 5.75 Å². The minimum atomic E-state index is 0.0502. The van der Waals surface area contributed by atoms with E-state index < -0.39 is 0 Å². The quantitative estimate of drug-likeness (QED) is 0.788. The Hall–Kier alpha value is -1.22. The van der Waals surface area contributed by atoms with Gasteiger partial charge in [-0.25, -0.2) is 0 Å². The lowest BCUT2D eigenvalue weighted by Crippen LogP contribution is -2.28. The SMILES string of the molecule is CC(C)Oc1ccc(C(=O)N2CCC(Cl)C2)cc1. The Bertz CT molecular complexity index is 416. The van der Waals surface area contributed by atoms with E-state index in [1.165, 1.54) is 0 Å². The minimum absolute atomic E-state index is 0.0502. The van der Waals surface area contributed by atoms with Crippen LogP contribution < -0.4 is 4.74 Å². The molecule has 0 radical (unpaired) electrons. The van der Waals surface area contributed by atoms with Gasteiger partial charge in [-0.1, -0.05) is 0 Å². The van der Waals surface area contributed by atoms with E-state index in [1.54, 1.807) is 4.90 Å². The minimum Gasteiger partial charge on any atom is -0.491 e. The molecule has 0 N–H and O–H groups in total. The summed E-state index contributed by atoms with van der Waals surface area (Å²) in [7, 11) is 0. The average molecular weight is 268 g/mol. The first kappa shape index (κ1) is 13.2. The van der Waals surface area contributed by atoms with Gasteiger partial charge in [0.2, 0.25) is 0 Å². The first-order valence-electron chi connectivity index (χ1n) is 6.26. The summed E-state index contributed by atoms with van der Waals surface area (Å²) in [4.78, 5) is 14.0. The lowest BCUT2D eigenvalue weighted by molar-refractivity contribution is 0.0793. The highest BCUT2D eigenvalue weighted by atomic mass is 35.5. The summed E-state index contributed by atoms with van der Waals surface area (Å²) < 4.78 is 5.55. The van der Waals surface area contributed by atoms with Crippen LogP contribution in [0.4, 0.5) is 0 Å². The maximum absolute atomic E-state index is 12.2. The molecular weight excluding hydrogens is 250 g/mol. The maximum Gasteiger partial charge on any atom is 0.253 e. The number of carbonyl (C=O) groups excluding carboxylic acids is 1. The van der Waals surface area contributed by atoms with Gasteiger partial charge in [-0.3, -0.25) is 4.79 Å². The molecular formula is C14H18ClNO2. The summed E-state index contributed by atoms with van der Waals surface area (Å²) >= 11 is 6.01. The fourth-order valence-electron chi connectivity index (χ4n) is 2.03. The van der Waals surface area contributed by atoms with Crippen LogP contribution in [0.3, 0.4) is 0 Å². The Morgan fingerprint density at radius 1 is 1.39 bits per heavy atom. The van der Waals surface area contributed by atoms with Gasteiger partial charge in [0.1, 0.15) is 5.75 Å². The molecule has 0 bridgehead atoms. The largest absolute Gasteiger partial charge is 0.491 e. The molecule has 1 aromatic rings. The van der Waals surface area contributed by atoms with Crippen LogP contribution in [0.5, 0.6) is 5.75 Å². The molecule has 0 aromatic heterocycles. The highest BCUT2D eigenvalue weighted by molar-refractivity contribution is 6.21. The van der Waals surface area contributed by atoms with E-state index in [2.05, 4.69) is 0 Å². The van der Waals surface area contributed by atoms with Crippen molar-refractivity contribution in [1.82, 2.24) is 4.90 Å². The normalized spacial score (nSPS) is 19.3. The summed E-state index contributed by atoms with van der Waals surface area (Å²) in [5, 5.41) is 0.0949. The highest BCUT2D eigenvalue weighted by Crippen LogP contribution is 2.19. The smallest absolute Gasteiger partial charge is 0.253 e. The number of carbonyl (C=O) groups is 1. The van der Waals surface area contributed by atoms with E-state index in [0.29, 0.717) is 12.1 Å². The van der Waals surface area contributed by atoms with E-state index in [4.69, 9.17) is 16.3 Å². The third-order valence-electron chi connectivity index (χ3n) is 2.89. The van der Waals surface area contributed by atoms with E-state index in [-0.39, 0.29) is 17.4 Å². The molecule has 3 nitrogen and oxygen atoms in total. The predicted octanol–water partition coefficient (Wildman–Crippen LogP) is 2.93. The van der Waals surface area contributed by atoms with Crippen LogP contribution in [0.2, 0.25) is 0 Å². The molecule has 0 aliphatic carbocycles. The van der Waals surface area contributed by atoms with E-state index in [1.807, 2.05) is 38.1 Å². The fourth-order valence-corrected chi connectivity index (χ4v) is 2.30. The van der Waals surface area contributed by atoms with Crippen molar-refractivity contribution in [3.63, 3.8) is 0 Å². The number of hydrogen-bond donors (Lipinski definition) is 0. The Morgan fingerprint density at radius 3 is 2.56 bits per heavy atom. The van der Waals surface area contributed by atoms with Crippen LogP contribution in [0, 0.1) is 0 Å². The molecule has 1 unspecified atom stereocenters. The Balaban J connectivity index is 2.03. The lowest BCUT2D eigenvalue weighted by atomic mass is 10.2. The number of amides is 1. The molecule has 18 heavy (non-hydrogen) atoms. The molecule has 1 fully saturated rings. The van der Waals surface area contributed by atoms with Crippen LogP contribution >= 0.6 is 11.6 Å². The number of ether oxygens (including phenoxy) is 1. The van der Waals surface area contributed by atoms with Crippen molar-refractivity contribution in [3.05, 3.63) is 29.8 Å². The maximum atomic E-state index is 12.2. The van der Waals surface area contributed by atoms with Gasteiger partial charge in [0.15, 0.2) is 0 Å². The summed E-state index contributed by atoms with van der Waals surface area (Å²) in [6.45, 7) is 5.34. The second-order valence-corrected chi connectivity index (χ2v) is 5.45. The Kier molecular flexibility index (Phi) is 4.12. The van der Waals surface area contributed by atoms with Crippen LogP contribution in [-0.2, 0) is 0 Å². The molecule has 1 aliphatic heterocycles. The number of halogens is 1. The zero-order chi connectivity index (χ0) is 13.1. The first-order valence-corrected chi connectivity index (χ1v) is 6.70. The van der Waals surface area contributed by atoms with Crippen molar-refractivity contribution in [2.75, 3.05) is 13.1 Å². The number of rotatable bonds is 3. The topological polar surface area (TPSA) is 29.5 Å². The molecule has 1 aromatic carbocycles. The number of alkyl halides is 1. The molecule has 1 heterocycles. The highest BCUT2D eigenvalue weighted by Gasteiger charge is 2.25. The standard InChI is InChI=1S/C14H18ClNO2/c1-10(2)18-13-5-3-11(4-6-13)14(17)16-8-7-12(15)9-16/h3-6,10,12H,7-9H2,1-2H3. The third-order valence-corrected chi connectivity index (χ3v) is 3.25. The lowest BCUT2D eigenvalue weighted by Gasteiger charge is -2.16. The molecule has 0 spiro atoms. The van der Waals surface area contributed by atoms with Gasteiger partial charge in [0, 0.05) is 18.7 Å². The zero-order valence-corrected chi connectivity index (χ0v) is 11.5. The van der Waals surface area contributed by atoms with Gasteiger partial charge in [0.25, 0.3) is 5.91 Å². The number of nitrogens with zero attached hydrogens (tertiary/aromatic N) is 1. The van der Waals surface area contributed by atoms with Crippen LogP contribution in [0.25, 0.3) is 0 Å². The molecule has 1 saturated heterocycles. The number of hydrogen-bond acceptors (Lipinski definition) is 2.